The Morgan fingerprint density at radius 3 is 2.83 bits per heavy atom. The van der Waals surface area contributed by atoms with Crippen molar-refractivity contribution in [2.24, 2.45) is 5.73 Å². The van der Waals surface area contributed by atoms with E-state index in [0.717, 1.165) is 32.0 Å². The maximum atomic E-state index is 11.0. The summed E-state index contributed by atoms with van der Waals surface area (Å²) in [6, 6.07) is -0.133. The van der Waals surface area contributed by atoms with Gasteiger partial charge >= 0.3 is 0 Å². The van der Waals surface area contributed by atoms with E-state index >= 15 is 0 Å². The van der Waals surface area contributed by atoms with E-state index in [1.54, 1.807) is 12.1 Å². The summed E-state index contributed by atoms with van der Waals surface area (Å²) >= 11 is 0. The van der Waals surface area contributed by atoms with Gasteiger partial charge in [-0.3, -0.25) is 0 Å². The zero-order chi connectivity index (χ0) is 13.5. The summed E-state index contributed by atoms with van der Waals surface area (Å²) in [6.45, 7) is 2.64. The van der Waals surface area contributed by atoms with Gasteiger partial charge in [0.25, 0.3) is 0 Å². The van der Waals surface area contributed by atoms with E-state index in [1.165, 1.54) is 0 Å². The van der Waals surface area contributed by atoms with Gasteiger partial charge in [0.15, 0.2) is 0 Å². The lowest BCUT2D eigenvalue weighted by molar-refractivity contribution is -0.116. The molecule has 2 unspecified atom stereocenters. The van der Waals surface area contributed by atoms with Gasteiger partial charge < -0.3 is 20.4 Å². The maximum absolute atomic E-state index is 11.0. The number of aliphatic hydroxyl groups is 1. The maximum Gasteiger partial charge on any atom is 0.146 e. The normalized spacial score (nSPS) is 30.6. The van der Waals surface area contributed by atoms with Gasteiger partial charge in [0.05, 0.1) is 12.1 Å². The topological polar surface area (TPSA) is 87.8 Å². The quantitative estimate of drug-likeness (QED) is 0.407. The van der Waals surface area contributed by atoms with Crippen LogP contribution in [0.3, 0.4) is 0 Å². The number of nitrogens with two attached hydrogens (primary N) is 1. The van der Waals surface area contributed by atoms with Crippen molar-refractivity contribution in [2.45, 2.75) is 57.0 Å². The molecular formula is C12H25N3O3. The van der Waals surface area contributed by atoms with Crippen LogP contribution in [0.4, 0.5) is 0 Å². The summed E-state index contributed by atoms with van der Waals surface area (Å²) in [5.41, 5.74) is 8.51. The molecule has 0 spiro atoms. The predicted molar refractivity (Wildman–Crippen MR) is 68.6 cm³/mol. The van der Waals surface area contributed by atoms with Gasteiger partial charge in [0, 0.05) is 13.2 Å². The average molecular weight is 259 g/mol. The molecule has 0 aromatic heterocycles. The smallest absolute Gasteiger partial charge is 0.146 e. The van der Waals surface area contributed by atoms with E-state index in [4.69, 9.17) is 10.5 Å². The molecule has 0 saturated carbocycles. The highest BCUT2D eigenvalue weighted by atomic mass is 16.5. The van der Waals surface area contributed by atoms with E-state index in [2.05, 4.69) is 5.43 Å². The molecule has 1 saturated heterocycles. The van der Waals surface area contributed by atoms with Crippen LogP contribution < -0.4 is 11.2 Å². The van der Waals surface area contributed by atoms with Gasteiger partial charge in [0.1, 0.15) is 12.5 Å². The standard InChI is InChI=1S/C12H25N3O3/c1-9-7-11(18-2)12(17)15(9)14-10(8-16)5-3-4-6-13/h8-12,14,17H,3-7,13H2,1-2H3/t9?,10-,11+,12?/m0/s1. The number of nitrogens with one attached hydrogen (secondary N) is 1. The molecular weight excluding hydrogens is 234 g/mol. The van der Waals surface area contributed by atoms with E-state index in [0.29, 0.717) is 6.54 Å². The summed E-state index contributed by atoms with van der Waals surface area (Å²) in [7, 11) is 1.59. The summed E-state index contributed by atoms with van der Waals surface area (Å²) < 4.78 is 5.20. The molecule has 6 heteroatoms. The first-order chi connectivity index (χ1) is 8.63. The highest BCUT2D eigenvalue weighted by Crippen LogP contribution is 2.23. The molecule has 1 heterocycles. The first kappa shape index (κ1) is 15.5. The second-order valence-corrected chi connectivity index (χ2v) is 4.84. The first-order valence-corrected chi connectivity index (χ1v) is 6.54. The number of methoxy groups -OCH3 is 1. The highest BCUT2D eigenvalue weighted by molar-refractivity contribution is 5.57. The van der Waals surface area contributed by atoms with E-state index < -0.39 is 6.23 Å². The van der Waals surface area contributed by atoms with Crippen LogP contribution in [-0.4, -0.2) is 54.5 Å². The molecule has 1 fully saturated rings. The van der Waals surface area contributed by atoms with Crippen molar-refractivity contribution in [3.8, 4) is 0 Å². The third-order valence-electron chi connectivity index (χ3n) is 3.42. The first-order valence-electron chi connectivity index (χ1n) is 6.54. The predicted octanol–water partition coefficient (Wildman–Crippen LogP) is -0.385. The van der Waals surface area contributed by atoms with Crippen molar-refractivity contribution in [3.05, 3.63) is 0 Å². The van der Waals surface area contributed by atoms with Crippen LogP contribution in [0.25, 0.3) is 0 Å². The molecule has 1 aliphatic rings. The molecule has 6 nitrogen and oxygen atoms in total. The highest BCUT2D eigenvalue weighted by Gasteiger charge is 2.38. The zero-order valence-electron chi connectivity index (χ0n) is 11.2. The van der Waals surface area contributed by atoms with Crippen LogP contribution in [0.1, 0.15) is 32.6 Å². The molecule has 1 rings (SSSR count). The van der Waals surface area contributed by atoms with Gasteiger partial charge in [-0.1, -0.05) is 6.42 Å². The number of unbranched alkanes of at least 4 members (excludes halogenated alkanes) is 1. The van der Waals surface area contributed by atoms with Gasteiger partial charge in [-0.05, 0) is 32.7 Å². The molecule has 0 amide bonds. The van der Waals surface area contributed by atoms with Gasteiger partial charge in [-0.2, -0.15) is 0 Å². The second kappa shape index (κ2) is 7.81. The second-order valence-electron chi connectivity index (χ2n) is 4.84. The van der Waals surface area contributed by atoms with E-state index in [9.17, 15) is 9.90 Å². The minimum Gasteiger partial charge on any atom is -0.377 e. The number of hydrazine groups is 1. The molecule has 18 heavy (non-hydrogen) atoms. The van der Waals surface area contributed by atoms with Crippen molar-refractivity contribution in [1.82, 2.24) is 10.4 Å². The fourth-order valence-corrected chi connectivity index (χ4v) is 2.30. The molecule has 0 bridgehead atoms. The summed E-state index contributed by atoms with van der Waals surface area (Å²) in [5, 5.41) is 11.8. The Kier molecular flexibility index (Phi) is 6.73. The molecule has 0 radical (unpaired) electrons. The zero-order valence-corrected chi connectivity index (χ0v) is 11.2. The van der Waals surface area contributed by atoms with E-state index in [1.807, 2.05) is 6.92 Å². The third-order valence-corrected chi connectivity index (χ3v) is 3.42. The van der Waals surface area contributed by atoms with E-state index in [-0.39, 0.29) is 18.2 Å². The molecule has 106 valence electrons. The fraction of sp³-hybridized carbons (Fsp3) is 0.917. The lowest BCUT2D eigenvalue weighted by Crippen LogP contribution is -2.52. The van der Waals surface area contributed by atoms with Crippen LogP contribution in [-0.2, 0) is 9.53 Å². The number of nitrogens with zero attached hydrogens (tertiary/aromatic N) is 1. The summed E-state index contributed by atoms with van der Waals surface area (Å²) in [6.07, 6.45) is 3.26. The van der Waals surface area contributed by atoms with Gasteiger partial charge in [-0.25, -0.2) is 10.4 Å². The summed E-state index contributed by atoms with van der Waals surface area (Å²) in [5.74, 6) is 0. The number of hydrogen-bond donors (Lipinski definition) is 3. The van der Waals surface area contributed by atoms with Gasteiger partial charge in [0.2, 0.25) is 0 Å². The van der Waals surface area contributed by atoms with Gasteiger partial charge in [-0.15, -0.1) is 0 Å². The number of ether oxygens (including phenoxy) is 1. The molecule has 0 aromatic carbocycles. The number of aliphatic hydroxyl groups excluding tert-OH is 1. The minimum atomic E-state index is -0.707. The SMILES string of the molecule is CO[C@@H]1CC(C)N(N[C@H](C=O)CCCCN)C1O. The van der Waals surface area contributed by atoms with Crippen molar-refractivity contribution in [1.29, 1.82) is 0 Å². The number of hydrogen-bond acceptors (Lipinski definition) is 6. The number of rotatable bonds is 8. The third kappa shape index (κ3) is 4.00. The van der Waals surface area contributed by atoms with Crippen molar-refractivity contribution in [2.75, 3.05) is 13.7 Å². The minimum absolute atomic E-state index is 0.141. The van der Waals surface area contributed by atoms with Crippen LogP contribution in [0.2, 0.25) is 0 Å². The number of carbonyl (C=O) groups is 1. The fourth-order valence-electron chi connectivity index (χ4n) is 2.30. The number of aldehydes is 1. The van der Waals surface area contributed by atoms with Crippen molar-refractivity contribution >= 4 is 6.29 Å². The van der Waals surface area contributed by atoms with Crippen LogP contribution in [0.5, 0.6) is 0 Å². The molecule has 1 aliphatic heterocycles. The Labute approximate surface area is 108 Å². The Bertz CT molecular complexity index is 253. The molecule has 0 aliphatic carbocycles. The Balaban J connectivity index is 2.45. The summed E-state index contributed by atoms with van der Waals surface area (Å²) in [4.78, 5) is 11.0. The lowest BCUT2D eigenvalue weighted by atomic mass is 10.1. The lowest BCUT2D eigenvalue weighted by Gasteiger charge is -2.29. The molecule has 0 aromatic rings. The molecule has 4 atom stereocenters. The monoisotopic (exact) mass is 259 g/mol. The number of carbonyl (C=O) groups excluding carboxylic acids is 1. The van der Waals surface area contributed by atoms with Crippen molar-refractivity contribution < 1.29 is 14.6 Å². The van der Waals surface area contributed by atoms with Crippen LogP contribution in [0, 0.1) is 0 Å². The average Bonchev–Trinajstić information content (AvgIpc) is 2.64. The molecule has 4 N–H and O–H groups in total. The van der Waals surface area contributed by atoms with Crippen LogP contribution >= 0.6 is 0 Å². The van der Waals surface area contributed by atoms with Crippen LogP contribution in [0.15, 0.2) is 0 Å². The Morgan fingerprint density at radius 2 is 2.33 bits per heavy atom. The largest absolute Gasteiger partial charge is 0.377 e. The Morgan fingerprint density at radius 1 is 1.61 bits per heavy atom. The Hall–Kier alpha value is -0.530. The van der Waals surface area contributed by atoms with Crippen molar-refractivity contribution in [3.63, 3.8) is 0 Å².